The van der Waals surface area contributed by atoms with Gasteiger partial charge in [0.25, 0.3) is 11.8 Å². The fourth-order valence-electron chi connectivity index (χ4n) is 4.50. The molecular weight excluding hydrogens is 532 g/mol. The molecule has 3 aromatic rings. The summed E-state index contributed by atoms with van der Waals surface area (Å²) >= 11 is 0. The number of aliphatic hydroxyl groups excluding tert-OH is 1. The average molecular weight is 570 g/mol. The fraction of sp³-hybridized carbons (Fsp3) is 0.355. The molecule has 0 saturated heterocycles. The predicted molar refractivity (Wildman–Crippen MR) is 152 cm³/mol. The van der Waals surface area contributed by atoms with Gasteiger partial charge in [0.15, 0.2) is 0 Å². The quantitative estimate of drug-likeness (QED) is 0.233. The number of halogens is 2. The van der Waals surface area contributed by atoms with E-state index in [0.29, 0.717) is 25.4 Å². The lowest BCUT2D eigenvalue weighted by atomic mass is 9.99. The Morgan fingerprint density at radius 2 is 1.73 bits per heavy atom. The molecule has 0 aliphatic carbocycles. The van der Waals surface area contributed by atoms with Crippen LogP contribution in [0.25, 0.3) is 0 Å². The van der Waals surface area contributed by atoms with Crippen molar-refractivity contribution >= 4 is 11.8 Å². The van der Waals surface area contributed by atoms with E-state index in [0.717, 1.165) is 30.2 Å². The van der Waals surface area contributed by atoms with Crippen LogP contribution in [-0.2, 0) is 13.0 Å². The molecule has 220 valence electrons. The van der Waals surface area contributed by atoms with Crippen LogP contribution in [0.5, 0.6) is 11.5 Å². The number of ether oxygens (including phenoxy) is 1. The highest BCUT2D eigenvalue weighted by Gasteiger charge is 2.25. The largest absolute Gasteiger partial charge is 0.507 e. The number of nitrogens with one attached hydrogen (secondary N) is 2. The molecule has 0 radical (unpaired) electrons. The molecule has 0 saturated carbocycles. The Balaban J connectivity index is 1.79. The molecule has 41 heavy (non-hydrogen) atoms. The van der Waals surface area contributed by atoms with Crippen LogP contribution in [0.4, 0.5) is 8.78 Å². The highest BCUT2D eigenvalue weighted by atomic mass is 19.1. The number of hydrogen-bond acceptors (Lipinski definition) is 6. The first-order chi connectivity index (χ1) is 19.6. The van der Waals surface area contributed by atoms with Crippen molar-refractivity contribution in [3.63, 3.8) is 0 Å². The van der Waals surface area contributed by atoms with Crippen LogP contribution in [0.2, 0.25) is 0 Å². The second-order valence-electron chi connectivity index (χ2n) is 9.73. The minimum absolute atomic E-state index is 0.0165. The molecule has 2 amide bonds. The number of benzene rings is 3. The Morgan fingerprint density at radius 3 is 2.39 bits per heavy atom. The third-order valence-electron chi connectivity index (χ3n) is 6.63. The number of nitrogens with zero attached hydrogens (tertiary/aromatic N) is 1. The van der Waals surface area contributed by atoms with Gasteiger partial charge in [-0.1, -0.05) is 19.1 Å². The lowest BCUT2D eigenvalue weighted by Gasteiger charge is -2.25. The van der Waals surface area contributed by atoms with Gasteiger partial charge in [0.2, 0.25) is 0 Å². The van der Waals surface area contributed by atoms with Gasteiger partial charge in [-0.2, -0.15) is 0 Å². The van der Waals surface area contributed by atoms with Crippen LogP contribution >= 0.6 is 0 Å². The van der Waals surface area contributed by atoms with Gasteiger partial charge in [0.1, 0.15) is 23.1 Å². The molecule has 0 spiro atoms. The summed E-state index contributed by atoms with van der Waals surface area (Å²) in [7, 11) is 1.57. The Morgan fingerprint density at radius 1 is 1.00 bits per heavy atom. The molecule has 4 N–H and O–H groups in total. The molecule has 8 nitrogen and oxygen atoms in total. The molecular formula is C31H37F2N3O5. The van der Waals surface area contributed by atoms with Crippen LogP contribution < -0.4 is 15.4 Å². The monoisotopic (exact) mass is 569 g/mol. The molecule has 0 aromatic heterocycles. The molecule has 0 heterocycles. The summed E-state index contributed by atoms with van der Waals surface area (Å²) in [5.74, 6) is -2.14. The van der Waals surface area contributed by atoms with Crippen molar-refractivity contribution in [2.24, 2.45) is 0 Å². The van der Waals surface area contributed by atoms with Gasteiger partial charge in [0.05, 0.1) is 24.8 Å². The van der Waals surface area contributed by atoms with E-state index >= 15 is 0 Å². The zero-order chi connectivity index (χ0) is 29.9. The number of aromatic hydroxyl groups is 1. The van der Waals surface area contributed by atoms with Crippen molar-refractivity contribution in [1.82, 2.24) is 15.5 Å². The second kappa shape index (κ2) is 15.1. The zero-order valence-corrected chi connectivity index (χ0v) is 23.5. The standard InChI is InChI=1S/C31H37F2N3O5/c1-4-11-36(5-2)31(40)26-16-22(9-10-28(26)37)30(39)35-27(15-21-12-23(32)17-24(33)13-21)29(38)19-34-18-20-7-6-8-25(14-20)41-3/h6-10,12-14,16-17,27,29,34,37-38H,4-5,11,15,18-19H2,1-3H3,(H,35,39)/t27-,29+/m0/s1. The van der Waals surface area contributed by atoms with E-state index < -0.39 is 35.6 Å². The summed E-state index contributed by atoms with van der Waals surface area (Å²) in [5, 5.41) is 27.2. The number of methoxy groups -OCH3 is 1. The Hall–Kier alpha value is -4.02. The van der Waals surface area contributed by atoms with Crippen molar-refractivity contribution in [2.45, 2.75) is 45.4 Å². The van der Waals surface area contributed by atoms with Crippen molar-refractivity contribution in [3.05, 3.63) is 94.6 Å². The number of phenols is 1. The number of amides is 2. The van der Waals surface area contributed by atoms with Crippen LogP contribution in [0.1, 0.15) is 52.1 Å². The Bertz CT molecular complexity index is 1320. The maximum atomic E-state index is 13.9. The van der Waals surface area contributed by atoms with Crippen LogP contribution in [0.3, 0.4) is 0 Å². The minimum Gasteiger partial charge on any atom is -0.507 e. The first kappa shape index (κ1) is 31.5. The first-order valence-corrected chi connectivity index (χ1v) is 13.5. The average Bonchev–Trinajstić information content (AvgIpc) is 2.95. The Labute approximate surface area is 239 Å². The number of hydrogen-bond donors (Lipinski definition) is 4. The number of aliphatic hydroxyl groups is 1. The van der Waals surface area contributed by atoms with E-state index in [-0.39, 0.29) is 35.4 Å². The van der Waals surface area contributed by atoms with Gasteiger partial charge < -0.3 is 30.5 Å². The number of phenolic OH excluding ortho intramolecular Hbond substituents is 1. The summed E-state index contributed by atoms with van der Waals surface area (Å²) in [6.45, 7) is 5.14. The van der Waals surface area contributed by atoms with Gasteiger partial charge in [-0.15, -0.1) is 0 Å². The van der Waals surface area contributed by atoms with Gasteiger partial charge in [-0.3, -0.25) is 9.59 Å². The summed E-state index contributed by atoms with van der Waals surface area (Å²) in [5.41, 5.74) is 1.23. The minimum atomic E-state index is -1.14. The zero-order valence-electron chi connectivity index (χ0n) is 23.5. The molecule has 2 atom stereocenters. The van der Waals surface area contributed by atoms with E-state index in [4.69, 9.17) is 4.74 Å². The smallest absolute Gasteiger partial charge is 0.257 e. The highest BCUT2D eigenvalue weighted by Crippen LogP contribution is 2.21. The third kappa shape index (κ3) is 8.99. The molecule has 0 fully saturated rings. The second-order valence-corrected chi connectivity index (χ2v) is 9.73. The maximum Gasteiger partial charge on any atom is 0.257 e. The Kier molecular flexibility index (Phi) is 11.6. The summed E-state index contributed by atoms with van der Waals surface area (Å²) in [6, 6.07) is 13.4. The number of rotatable bonds is 14. The van der Waals surface area contributed by atoms with Gasteiger partial charge in [0, 0.05) is 37.8 Å². The van der Waals surface area contributed by atoms with Crippen LogP contribution in [-0.4, -0.2) is 65.8 Å². The maximum absolute atomic E-state index is 13.9. The summed E-state index contributed by atoms with van der Waals surface area (Å²) in [4.78, 5) is 27.8. The molecule has 0 aliphatic rings. The van der Waals surface area contributed by atoms with Gasteiger partial charge >= 0.3 is 0 Å². The van der Waals surface area contributed by atoms with Gasteiger partial charge in [-0.05, 0) is 73.4 Å². The third-order valence-corrected chi connectivity index (χ3v) is 6.63. The number of carbonyl (C=O) groups excluding carboxylic acids is 2. The van der Waals surface area contributed by atoms with Crippen molar-refractivity contribution < 1.29 is 33.3 Å². The van der Waals surface area contributed by atoms with Crippen molar-refractivity contribution in [3.8, 4) is 11.5 Å². The van der Waals surface area contributed by atoms with E-state index in [2.05, 4.69) is 10.6 Å². The SMILES string of the molecule is CCCN(CC)C(=O)c1cc(C(=O)N[C@@H](Cc2cc(F)cc(F)c2)[C@H](O)CNCc2cccc(OC)c2)ccc1O. The van der Waals surface area contributed by atoms with Crippen molar-refractivity contribution in [1.29, 1.82) is 0 Å². The fourth-order valence-corrected chi connectivity index (χ4v) is 4.50. The van der Waals surface area contributed by atoms with Crippen LogP contribution in [0, 0.1) is 11.6 Å². The van der Waals surface area contributed by atoms with E-state index in [1.807, 2.05) is 38.1 Å². The first-order valence-electron chi connectivity index (χ1n) is 13.5. The van der Waals surface area contributed by atoms with Gasteiger partial charge in [-0.25, -0.2) is 8.78 Å². The summed E-state index contributed by atoms with van der Waals surface area (Å²) < 4.78 is 33.0. The summed E-state index contributed by atoms with van der Waals surface area (Å²) in [6.07, 6.45) is -0.479. The molecule has 10 heteroatoms. The number of carbonyl (C=O) groups is 2. The molecule has 0 aliphatic heterocycles. The van der Waals surface area contributed by atoms with E-state index in [1.54, 1.807) is 12.0 Å². The normalized spacial score (nSPS) is 12.4. The van der Waals surface area contributed by atoms with Crippen LogP contribution in [0.15, 0.2) is 60.7 Å². The molecule has 3 rings (SSSR count). The molecule has 0 unspecified atom stereocenters. The molecule has 3 aromatic carbocycles. The lowest BCUT2D eigenvalue weighted by molar-refractivity contribution is 0.0761. The topological polar surface area (TPSA) is 111 Å². The molecule has 0 bridgehead atoms. The van der Waals surface area contributed by atoms with E-state index in [1.165, 1.54) is 18.2 Å². The van der Waals surface area contributed by atoms with Crippen molar-refractivity contribution in [2.75, 3.05) is 26.7 Å². The van der Waals surface area contributed by atoms with E-state index in [9.17, 15) is 28.6 Å². The lowest BCUT2D eigenvalue weighted by Crippen LogP contribution is -2.48. The predicted octanol–water partition coefficient (Wildman–Crippen LogP) is 4.04. The highest BCUT2D eigenvalue weighted by molar-refractivity contribution is 6.01.